The van der Waals surface area contributed by atoms with E-state index < -0.39 is 0 Å². The quantitative estimate of drug-likeness (QED) is 0.872. The van der Waals surface area contributed by atoms with Crippen molar-refractivity contribution in [2.45, 2.75) is 53.1 Å². The van der Waals surface area contributed by atoms with Crippen LogP contribution in [0.5, 0.6) is 0 Å². The van der Waals surface area contributed by atoms with Crippen LogP contribution >= 0.6 is 0 Å². The molecular formula is C14H25N3O. The summed E-state index contributed by atoms with van der Waals surface area (Å²) in [5, 5.41) is 3.25. The van der Waals surface area contributed by atoms with Gasteiger partial charge in [0.1, 0.15) is 11.9 Å². The topological polar surface area (TPSA) is 47.0 Å². The zero-order valence-electron chi connectivity index (χ0n) is 12.4. The van der Waals surface area contributed by atoms with E-state index >= 15 is 0 Å². The van der Waals surface area contributed by atoms with E-state index in [9.17, 15) is 0 Å². The van der Waals surface area contributed by atoms with Gasteiger partial charge >= 0.3 is 0 Å². The first-order valence-electron chi connectivity index (χ1n) is 6.63. The molecule has 1 aromatic heterocycles. The molecule has 0 saturated heterocycles. The van der Waals surface area contributed by atoms with Crippen molar-refractivity contribution in [3.05, 3.63) is 17.6 Å². The van der Waals surface area contributed by atoms with Gasteiger partial charge in [-0.25, -0.2) is 9.97 Å². The van der Waals surface area contributed by atoms with E-state index in [-0.39, 0.29) is 11.5 Å². The van der Waals surface area contributed by atoms with Crippen LogP contribution in [0.15, 0.2) is 6.07 Å². The van der Waals surface area contributed by atoms with Crippen molar-refractivity contribution in [3.8, 4) is 0 Å². The molecule has 1 unspecified atom stereocenters. The second kappa shape index (κ2) is 6.14. The van der Waals surface area contributed by atoms with Gasteiger partial charge in [-0.05, 0) is 20.8 Å². The molecular weight excluding hydrogens is 226 g/mol. The van der Waals surface area contributed by atoms with Crippen molar-refractivity contribution in [2.24, 2.45) is 0 Å². The molecule has 1 rings (SSSR count). The van der Waals surface area contributed by atoms with Gasteiger partial charge in [-0.2, -0.15) is 0 Å². The van der Waals surface area contributed by atoms with Crippen molar-refractivity contribution < 1.29 is 4.74 Å². The Kier molecular flexibility index (Phi) is 5.08. The second-order valence-corrected chi connectivity index (χ2v) is 5.37. The lowest BCUT2D eigenvalue weighted by Crippen LogP contribution is -2.18. The largest absolute Gasteiger partial charge is 0.371 e. The van der Waals surface area contributed by atoms with Gasteiger partial charge in [-0.3, -0.25) is 0 Å². The van der Waals surface area contributed by atoms with Gasteiger partial charge in [-0.1, -0.05) is 20.8 Å². The van der Waals surface area contributed by atoms with Crippen LogP contribution in [-0.2, 0) is 10.2 Å². The number of rotatable bonds is 5. The number of hydrogen-bond acceptors (Lipinski definition) is 4. The fourth-order valence-electron chi connectivity index (χ4n) is 1.63. The molecule has 1 aromatic rings. The van der Waals surface area contributed by atoms with Gasteiger partial charge < -0.3 is 10.1 Å². The number of nitrogens with one attached hydrogen (secondary N) is 1. The Morgan fingerprint density at radius 2 is 1.94 bits per heavy atom. The molecule has 18 heavy (non-hydrogen) atoms. The predicted molar refractivity (Wildman–Crippen MR) is 74.9 cm³/mol. The molecule has 0 amide bonds. The zero-order chi connectivity index (χ0) is 13.8. The van der Waals surface area contributed by atoms with E-state index in [1.165, 1.54) is 0 Å². The number of aromatic nitrogens is 2. The maximum Gasteiger partial charge on any atom is 0.159 e. The third kappa shape index (κ3) is 3.95. The van der Waals surface area contributed by atoms with Crippen LogP contribution in [0.2, 0.25) is 0 Å². The second-order valence-electron chi connectivity index (χ2n) is 5.37. The molecule has 0 aliphatic rings. The third-order valence-corrected chi connectivity index (χ3v) is 2.65. The number of nitrogens with zero attached hydrogens (tertiary/aromatic N) is 2. The Labute approximate surface area is 110 Å². The lowest BCUT2D eigenvalue weighted by molar-refractivity contribution is 0.0698. The highest BCUT2D eigenvalue weighted by atomic mass is 16.5. The van der Waals surface area contributed by atoms with Gasteiger partial charge in [-0.15, -0.1) is 0 Å². The Bertz CT molecular complexity index is 385. The molecule has 0 radical (unpaired) electrons. The van der Waals surface area contributed by atoms with Gasteiger partial charge in [0.2, 0.25) is 0 Å². The van der Waals surface area contributed by atoms with Gasteiger partial charge in [0, 0.05) is 24.6 Å². The third-order valence-electron chi connectivity index (χ3n) is 2.65. The normalized spacial score (nSPS) is 13.4. The van der Waals surface area contributed by atoms with Crippen LogP contribution in [0.1, 0.15) is 59.2 Å². The molecule has 0 aliphatic heterocycles. The van der Waals surface area contributed by atoms with E-state index in [0.29, 0.717) is 6.61 Å². The first-order valence-corrected chi connectivity index (χ1v) is 6.63. The highest BCUT2D eigenvalue weighted by Gasteiger charge is 2.20. The van der Waals surface area contributed by atoms with Crippen LogP contribution in [0.4, 0.5) is 5.82 Å². The Morgan fingerprint density at radius 3 is 2.44 bits per heavy atom. The van der Waals surface area contributed by atoms with Crippen LogP contribution < -0.4 is 5.32 Å². The summed E-state index contributed by atoms with van der Waals surface area (Å²) < 4.78 is 5.58. The van der Waals surface area contributed by atoms with Crippen LogP contribution in [0.25, 0.3) is 0 Å². The molecule has 4 nitrogen and oxygen atoms in total. The van der Waals surface area contributed by atoms with E-state index in [0.717, 1.165) is 23.9 Å². The monoisotopic (exact) mass is 251 g/mol. The van der Waals surface area contributed by atoms with E-state index in [4.69, 9.17) is 4.74 Å². The van der Waals surface area contributed by atoms with Crippen LogP contribution in [0, 0.1) is 0 Å². The zero-order valence-corrected chi connectivity index (χ0v) is 12.4. The minimum Gasteiger partial charge on any atom is -0.371 e. The molecule has 1 N–H and O–H groups in total. The molecule has 0 fully saturated rings. The summed E-state index contributed by atoms with van der Waals surface area (Å²) in [6.07, 6.45) is -0.0743. The van der Waals surface area contributed by atoms with Crippen molar-refractivity contribution in [1.82, 2.24) is 9.97 Å². The van der Waals surface area contributed by atoms with Gasteiger partial charge in [0.05, 0.1) is 5.69 Å². The first-order chi connectivity index (χ1) is 8.38. The number of hydrogen-bond donors (Lipinski definition) is 1. The molecule has 4 heteroatoms. The summed E-state index contributed by atoms with van der Waals surface area (Å²) in [6.45, 7) is 14.0. The Hall–Kier alpha value is -1.16. The summed E-state index contributed by atoms with van der Waals surface area (Å²) in [6, 6.07) is 2.02. The highest BCUT2D eigenvalue weighted by Crippen LogP contribution is 2.24. The van der Waals surface area contributed by atoms with Crippen LogP contribution in [0.3, 0.4) is 0 Å². The van der Waals surface area contributed by atoms with Crippen molar-refractivity contribution in [1.29, 1.82) is 0 Å². The summed E-state index contributed by atoms with van der Waals surface area (Å²) in [5.74, 6) is 1.62. The predicted octanol–water partition coefficient (Wildman–Crippen LogP) is 3.30. The average Bonchev–Trinajstić information content (AvgIpc) is 2.28. The minimum absolute atomic E-state index is 0.00773. The molecule has 0 saturated carbocycles. The smallest absolute Gasteiger partial charge is 0.159 e. The fraction of sp³-hybridized carbons (Fsp3) is 0.714. The first kappa shape index (κ1) is 14.9. The maximum atomic E-state index is 5.58. The van der Waals surface area contributed by atoms with E-state index in [2.05, 4.69) is 43.0 Å². The fourth-order valence-corrected chi connectivity index (χ4v) is 1.63. The summed E-state index contributed by atoms with van der Waals surface area (Å²) >= 11 is 0. The number of anilines is 1. The van der Waals surface area contributed by atoms with Gasteiger partial charge in [0.15, 0.2) is 5.82 Å². The Balaban J connectivity index is 3.13. The Morgan fingerprint density at radius 1 is 1.28 bits per heavy atom. The van der Waals surface area contributed by atoms with Crippen molar-refractivity contribution >= 4 is 5.82 Å². The summed E-state index contributed by atoms with van der Waals surface area (Å²) in [5.41, 5.74) is 1.04. The highest BCUT2D eigenvalue weighted by molar-refractivity contribution is 5.38. The lowest BCUT2D eigenvalue weighted by Gasteiger charge is -2.21. The molecule has 1 heterocycles. The number of ether oxygens (including phenoxy) is 1. The van der Waals surface area contributed by atoms with Gasteiger partial charge in [0.25, 0.3) is 0 Å². The molecule has 0 aliphatic carbocycles. The lowest BCUT2D eigenvalue weighted by atomic mass is 9.92. The maximum absolute atomic E-state index is 5.58. The summed E-state index contributed by atoms with van der Waals surface area (Å²) in [7, 11) is 0. The minimum atomic E-state index is -0.0743. The van der Waals surface area contributed by atoms with Crippen molar-refractivity contribution in [3.63, 3.8) is 0 Å². The molecule has 0 bridgehead atoms. The SMILES string of the molecule is CCNc1cc(C(C)(C)C)nc(C(C)OCC)n1. The van der Waals surface area contributed by atoms with E-state index in [1.807, 2.05) is 19.9 Å². The van der Waals surface area contributed by atoms with E-state index in [1.54, 1.807) is 0 Å². The van der Waals surface area contributed by atoms with Crippen LogP contribution in [-0.4, -0.2) is 23.1 Å². The standard InChI is InChI=1S/C14H25N3O/c1-7-15-12-9-11(14(4,5)6)16-13(17-12)10(3)18-8-2/h9-10H,7-8H2,1-6H3,(H,15,16,17). The van der Waals surface area contributed by atoms with Crippen molar-refractivity contribution in [2.75, 3.05) is 18.5 Å². The molecule has 1 atom stereocenters. The summed E-state index contributed by atoms with van der Waals surface area (Å²) in [4.78, 5) is 9.14. The molecule has 0 spiro atoms. The average molecular weight is 251 g/mol. The molecule has 102 valence electrons. The molecule has 0 aromatic carbocycles.